The summed E-state index contributed by atoms with van der Waals surface area (Å²) in [6.45, 7) is 0. The van der Waals surface area contributed by atoms with E-state index in [9.17, 15) is 8.60 Å². The molecule has 3 nitrogen and oxygen atoms in total. The highest BCUT2D eigenvalue weighted by Crippen LogP contribution is 2.17. The van der Waals surface area contributed by atoms with E-state index in [2.05, 4.69) is 0 Å². The van der Waals surface area contributed by atoms with E-state index in [1.165, 1.54) is 18.2 Å². The number of rotatable bonds is 3. The SMILES string of the molecule is N#Cc1cc(CS(=O)c2cccc(N)c2)ccc1F. The van der Waals surface area contributed by atoms with Gasteiger partial charge in [0.2, 0.25) is 0 Å². The molecule has 0 radical (unpaired) electrons. The highest BCUT2D eigenvalue weighted by atomic mass is 32.2. The molecular formula is C14H11FN2OS. The zero-order valence-electron chi connectivity index (χ0n) is 9.97. The first kappa shape index (κ1) is 13.2. The summed E-state index contributed by atoms with van der Waals surface area (Å²) >= 11 is 0. The van der Waals surface area contributed by atoms with Gasteiger partial charge in [0.05, 0.1) is 22.1 Å². The minimum atomic E-state index is -1.27. The molecule has 0 aromatic heterocycles. The summed E-state index contributed by atoms with van der Waals surface area (Å²) in [5.74, 6) is -0.348. The standard InChI is InChI=1S/C14H11FN2OS/c15-14-5-4-10(6-11(14)8-16)9-19(18)13-3-1-2-12(17)7-13/h1-7H,9,17H2. The molecule has 0 amide bonds. The molecule has 0 aliphatic rings. The highest BCUT2D eigenvalue weighted by Gasteiger charge is 2.08. The number of anilines is 1. The summed E-state index contributed by atoms with van der Waals surface area (Å²) in [6.07, 6.45) is 0. The molecule has 2 rings (SSSR count). The number of halogens is 1. The molecule has 2 aromatic carbocycles. The average molecular weight is 274 g/mol. The molecule has 0 saturated carbocycles. The van der Waals surface area contributed by atoms with Crippen LogP contribution >= 0.6 is 0 Å². The highest BCUT2D eigenvalue weighted by molar-refractivity contribution is 7.84. The van der Waals surface area contributed by atoms with Gasteiger partial charge in [-0.25, -0.2) is 4.39 Å². The normalized spacial score (nSPS) is 11.8. The fourth-order valence-corrected chi connectivity index (χ4v) is 2.79. The van der Waals surface area contributed by atoms with Gasteiger partial charge in [-0.1, -0.05) is 12.1 Å². The first-order valence-electron chi connectivity index (χ1n) is 5.52. The van der Waals surface area contributed by atoms with Crippen LogP contribution in [-0.2, 0) is 16.6 Å². The van der Waals surface area contributed by atoms with Gasteiger partial charge in [0.15, 0.2) is 0 Å². The molecule has 0 aliphatic heterocycles. The van der Waals surface area contributed by atoms with E-state index in [4.69, 9.17) is 11.0 Å². The van der Waals surface area contributed by atoms with Gasteiger partial charge in [-0.2, -0.15) is 5.26 Å². The smallest absolute Gasteiger partial charge is 0.140 e. The van der Waals surface area contributed by atoms with Crippen molar-refractivity contribution in [2.45, 2.75) is 10.6 Å². The molecule has 0 bridgehead atoms. The quantitative estimate of drug-likeness (QED) is 0.875. The Kier molecular flexibility index (Phi) is 3.93. The molecule has 19 heavy (non-hydrogen) atoms. The third-order valence-corrected chi connectivity index (χ3v) is 3.95. The van der Waals surface area contributed by atoms with Crippen LogP contribution in [0.2, 0.25) is 0 Å². The van der Waals surface area contributed by atoms with Crippen molar-refractivity contribution in [2.75, 3.05) is 5.73 Å². The molecule has 5 heteroatoms. The number of nitriles is 1. The van der Waals surface area contributed by atoms with Gasteiger partial charge in [0, 0.05) is 10.6 Å². The maximum atomic E-state index is 13.2. The van der Waals surface area contributed by atoms with Gasteiger partial charge in [-0.05, 0) is 35.9 Å². The lowest BCUT2D eigenvalue weighted by atomic mass is 10.1. The van der Waals surface area contributed by atoms with Crippen molar-refractivity contribution in [1.29, 1.82) is 5.26 Å². The average Bonchev–Trinajstić information content (AvgIpc) is 2.41. The maximum absolute atomic E-state index is 13.2. The van der Waals surface area contributed by atoms with Crippen LogP contribution in [-0.4, -0.2) is 4.21 Å². The van der Waals surface area contributed by atoms with E-state index in [0.29, 0.717) is 16.1 Å². The lowest BCUT2D eigenvalue weighted by Gasteiger charge is -2.04. The van der Waals surface area contributed by atoms with Gasteiger partial charge in [-0.15, -0.1) is 0 Å². The zero-order valence-corrected chi connectivity index (χ0v) is 10.8. The van der Waals surface area contributed by atoms with Crippen molar-refractivity contribution in [3.8, 4) is 6.07 Å². The topological polar surface area (TPSA) is 66.9 Å². The predicted octanol–water partition coefficient (Wildman–Crippen LogP) is 2.59. The Labute approximate surface area is 112 Å². The van der Waals surface area contributed by atoms with Crippen LogP contribution in [0.4, 0.5) is 10.1 Å². The fraction of sp³-hybridized carbons (Fsp3) is 0.0714. The third-order valence-electron chi connectivity index (χ3n) is 2.57. The Hall–Kier alpha value is -2.19. The summed E-state index contributed by atoms with van der Waals surface area (Å²) < 4.78 is 25.3. The van der Waals surface area contributed by atoms with Crippen molar-refractivity contribution in [3.05, 3.63) is 59.4 Å². The molecule has 0 heterocycles. The van der Waals surface area contributed by atoms with Crippen LogP contribution < -0.4 is 5.73 Å². The minimum absolute atomic E-state index is 0.0397. The third kappa shape index (κ3) is 3.18. The fourth-order valence-electron chi connectivity index (χ4n) is 1.64. The van der Waals surface area contributed by atoms with Crippen molar-refractivity contribution in [2.24, 2.45) is 0 Å². The summed E-state index contributed by atoms with van der Waals surface area (Å²) in [6, 6.07) is 12.7. The van der Waals surface area contributed by atoms with E-state index in [1.807, 2.05) is 0 Å². The molecule has 96 valence electrons. The summed E-state index contributed by atoms with van der Waals surface area (Å²) in [5, 5.41) is 8.75. The molecule has 0 spiro atoms. The lowest BCUT2D eigenvalue weighted by Crippen LogP contribution is -1.98. The first-order chi connectivity index (χ1) is 9.10. The van der Waals surface area contributed by atoms with Gasteiger partial charge in [0.1, 0.15) is 11.9 Å². The molecule has 0 saturated heterocycles. The molecular weight excluding hydrogens is 263 g/mol. The number of nitrogens with zero attached hydrogens (tertiary/aromatic N) is 1. The Bertz CT molecular complexity index is 679. The Morgan fingerprint density at radius 3 is 2.74 bits per heavy atom. The number of hydrogen-bond donors (Lipinski definition) is 1. The molecule has 0 fully saturated rings. The predicted molar refractivity (Wildman–Crippen MR) is 72.1 cm³/mol. The summed E-state index contributed by atoms with van der Waals surface area (Å²) in [5.41, 5.74) is 6.78. The van der Waals surface area contributed by atoms with Crippen LogP contribution in [0.25, 0.3) is 0 Å². The van der Waals surface area contributed by atoms with E-state index >= 15 is 0 Å². The molecule has 1 unspecified atom stereocenters. The second kappa shape index (κ2) is 5.63. The van der Waals surface area contributed by atoms with Gasteiger partial charge in [-0.3, -0.25) is 4.21 Å². The summed E-state index contributed by atoms with van der Waals surface area (Å²) in [7, 11) is -1.27. The van der Waals surface area contributed by atoms with Crippen LogP contribution in [0.3, 0.4) is 0 Å². The van der Waals surface area contributed by atoms with Crippen molar-refractivity contribution in [1.82, 2.24) is 0 Å². The van der Waals surface area contributed by atoms with Crippen molar-refractivity contribution < 1.29 is 8.60 Å². The van der Waals surface area contributed by atoms with E-state index in [0.717, 1.165) is 0 Å². The van der Waals surface area contributed by atoms with Gasteiger partial charge >= 0.3 is 0 Å². The number of benzene rings is 2. The van der Waals surface area contributed by atoms with Crippen LogP contribution in [0.1, 0.15) is 11.1 Å². The van der Waals surface area contributed by atoms with E-state index < -0.39 is 16.6 Å². The first-order valence-corrected chi connectivity index (χ1v) is 6.84. The van der Waals surface area contributed by atoms with Crippen LogP contribution in [0, 0.1) is 17.1 Å². The lowest BCUT2D eigenvalue weighted by molar-refractivity contribution is 0.623. The van der Waals surface area contributed by atoms with Crippen LogP contribution in [0.15, 0.2) is 47.4 Å². The number of nitrogen functional groups attached to an aromatic ring is 1. The second-order valence-electron chi connectivity index (χ2n) is 3.99. The second-order valence-corrected chi connectivity index (χ2v) is 5.44. The molecule has 1 atom stereocenters. The van der Waals surface area contributed by atoms with Gasteiger partial charge < -0.3 is 5.73 Å². The Morgan fingerprint density at radius 2 is 2.05 bits per heavy atom. The molecule has 2 aromatic rings. The Morgan fingerprint density at radius 1 is 1.26 bits per heavy atom. The molecule has 0 aliphatic carbocycles. The van der Waals surface area contributed by atoms with Crippen molar-refractivity contribution >= 4 is 16.5 Å². The summed E-state index contributed by atoms with van der Waals surface area (Å²) in [4.78, 5) is 0.614. The largest absolute Gasteiger partial charge is 0.399 e. The monoisotopic (exact) mass is 274 g/mol. The minimum Gasteiger partial charge on any atom is -0.399 e. The van der Waals surface area contributed by atoms with E-state index in [-0.39, 0.29) is 11.3 Å². The Balaban J connectivity index is 2.22. The van der Waals surface area contributed by atoms with E-state index in [1.54, 1.807) is 30.3 Å². The van der Waals surface area contributed by atoms with Gasteiger partial charge in [0.25, 0.3) is 0 Å². The number of nitrogens with two attached hydrogens (primary N) is 1. The zero-order chi connectivity index (χ0) is 13.8. The number of hydrogen-bond acceptors (Lipinski definition) is 3. The maximum Gasteiger partial charge on any atom is 0.140 e. The van der Waals surface area contributed by atoms with Crippen LogP contribution in [0.5, 0.6) is 0 Å². The van der Waals surface area contributed by atoms with Crippen molar-refractivity contribution in [3.63, 3.8) is 0 Å². The molecule has 2 N–H and O–H groups in total.